The maximum absolute atomic E-state index is 4.99. The first kappa shape index (κ1) is 6.44. The SMILES string of the molecule is [CH]=CC=CC=C[S]. The lowest BCUT2D eigenvalue weighted by atomic mass is 10.5. The number of hydrogen-bond acceptors (Lipinski definition) is 0. The van der Waals surface area contributed by atoms with Crippen LogP contribution in [0.3, 0.4) is 0 Å². The molecule has 0 atom stereocenters. The van der Waals surface area contributed by atoms with Gasteiger partial charge in [0.25, 0.3) is 0 Å². The molecule has 0 bridgehead atoms. The molecule has 0 nitrogen and oxygen atoms in total. The zero-order chi connectivity index (χ0) is 5.54. The van der Waals surface area contributed by atoms with Crippen molar-refractivity contribution in [3.63, 3.8) is 0 Å². The fourth-order valence-corrected chi connectivity index (χ4v) is 0.264. The molecule has 36 valence electrons. The van der Waals surface area contributed by atoms with Crippen molar-refractivity contribution in [3.05, 3.63) is 36.3 Å². The van der Waals surface area contributed by atoms with E-state index >= 15 is 0 Å². The minimum Gasteiger partial charge on any atom is -0.0887 e. The van der Waals surface area contributed by atoms with E-state index in [0.717, 1.165) is 0 Å². The van der Waals surface area contributed by atoms with Crippen LogP contribution in [0, 0.1) is 6.58 Å². The molecule has 0 aromatic rings. The van der Waals surface area contributed by atoms with Crippen molar-refractivity contribution in [2.24, 2.45) is 0 Å². The van der Waals surface area contributed by atoms with Crippen LogP contribution in [0.4, 0.5) is 0 Å². The highest BCUT2D eigenvalue weighted by molar-refractivity contribution is 7.83. The van der Waals surface area contributed by atoms with Crippen LogP contribution >= 0.6 is 12.6 Å². The molecule has 0 saturated heterocycles. The predicted octanol–water partition coefficient (Wildman–Crippen LogP) is 2.24. The van der Waals surface area contributed by atoms with Crippen molar-refractivity contribution in [2.75, 3.05) is 0 Å². The van der Waals surface area contributed by atoms with E-state index < -0.39 is 0 Å². The Labute approximate surface area is 49.7 Å². The summed E-state index contributed by atoms with van der Waals surface area (Å²) in [5.74, 6) is 0. The van der Waals surface area contributed by atoms with Gasteiger partial charge in [-0.1, -0.05) is 43.5 Å². The fraction of sp³-hybridized carbons (Fsp3) is 0. The van der Waals surface area contributed by atoms with Gasteiger partial charge in [-0.3, -0.25) is 0 Å². The fourth-order valence-electron chi connectivity index (χ4n) is 0.174. The Morgan fingerprint density at radius 2 is 1.86 bits per heavy atom. The van der Waals surface area contributed by atoms with Crippen LogP contribution in [0.25, 0.3) is 0 Å². The van der Waals surface area contributed by atoms with Crippen LogP contribution in [-0.2, 0) is 0 Å². The molecule has 0 N–H and O–H groups in total. The third kappa shape index (κ3) is 5.44. The van der Waals surface area contributed by atoms with E-state index in [1.807, 2.05) is 0 Å². The van der Waals surface area contributed by atoms with Gasteiger partial charge in [-0.15, -0.1) is 0 Å². The predicted molar refractivity (Wildman–Crippen MR) is 34.7 cm³/mol. The number of allylic oxidation sites excluding steroid dienone is 4. The zero-order valence-corrected chi connectivity index (χ0v) is 4.69. The van der Waals surface area contributed by atoms with Crippen LogP contribution in [0.5, 0.6) is 0 Å². The van der Waals surface area contributed by atoms with E-state index in [2.05, 4.69) is 12.6 Å². The molecular formula is C6H6S. The first-order chi connectivity index (χ1) is 3.41. The molecule has 0 fully saturated rings. The highest BCUT2D eigenvalue weighted by Gasteiger charge is 1.53. The van der Waals surface area contributed by atoms with E-state index in [1.165, 1.54) is 11.5 Å². The van der Waals surface area contributed by atoms with Gasteiger partial charge in [0.1, 0.15) is 0 Å². The monoisotopic (exact) mass is 110 g/mol. The molecule has 0 amide bonds. The summed E-state index contributed by atoms with van der Waals surface area (Å²) in [5.41, 5.74) is 0. The Bertz CT molecular complexity index is 90.4. The first-order valence-corrected chi connectivity index (χ1v) is 2.37. The third-order valence-corrected chi connectivity index (χ3v) is 0.569. The molecule has 1 heteroatoms. The van der Waals surface area contributed by atoms with Gasteiger partial charge in [0.2, 0.25) is 0 Å². The zero-order valence-electron chi connectivity index (χ0n) is 3.87. The highest BCUT2D eigenvalue weighted by atomic mass is 32.1. The molecule has 0 aliphatic carbocycles. The summed E-state index contributed by atoms with van der Waals surface area (Å²) >= 11 is 4.48. The van der Waals surface area contributed by atoms with Gasteiger partial charge in [0, 0.05) is 5.41 Å². The molecule has 0 heterocycles. The Morgan fingerprint density at radius 3 is 2.29 bits per heavy atom. The molecule has 2 radical (unpaired) electrons. The van der Waals surface area contributed by atoms with Crippen molar-refractivity contribution in [1.29, 1.82) is 0 Å². The van der Waals surface area contributed by atoms with Crippen molar-refractivity contribution in [2.45, 2.75) is 0 Å². The van der Waals surface area contributed by atoms with Gasteiger partial charge in [-0.2, -0.15) is 0 Å². The summed E-state index contributed by atoms with van der Waals surface area (Å²) in [6.45, 7) is 4.99. The summed E-state index contributed by atoms with van der Waals surface area (Å²) in [6, 6.07) is 0. The molecule has 7 heavy (non-hydrogen) atoms. The average molecular weight is 110 g/mol. The Balaban J connectivity index is 3.27. The van der Waals surface area contributed by atoms with Crippen LogP contribution in [-0.4, -0.2) is 0 Å². The van der Waals surface area contributed by atoms with Gasteiger partial charge in [-0.25, -0.2) is 0 Å². The lowest BCUT2D eigenvalue weighted by Crippen LogP contribution is -1.41. The lowest BCUT2D eigenvalue weighted by molar-refractivity contribution is 1.96. The average Bonchev–Trinajstić information content (AvgIpc) is 1.69. The maximum atomic E-state index is 4.99. The summed E-state index contributed by atoms with van der Waals surface area (Å²) in [4.78, 5) is 0. The molecule has 0 aromatic heterocycles. The smallest absolute Gasteiger partial charge is 0.00135 e. The van der Waals surface area contributed by atoms with E-state index in [0.29, 0.717) is 0 Å². The van der Waals surface area contributed by atoms with Crippen LogP contribution < -0.4 is 0 Å². The molecule has 0 saturated carbocycles. The third-order valence-electron chi connectivity index (χ3n) is 0.412. The molecule has 0 spiro atoms. The molecule has 0 aliphatic rings. The van der Waals surface area contributed by atoms with Gasteiger partial charge in [0.05, 0.1) is 0 Å². The topological polar surface area (TPSA) is 0 Å². The van der Waals surface area contributed by atoms with Crippen LogP contribution in [0.15, 0.2) is 29.7 Å². The summed E-state index contributed by atoms with van der Waals surface area (Å²) < 4.78 is 0. The molecule has 0 unspecified atom stereocenters. The van der Waals surface area contributed by atoms with Crippen molar-refractivity contribution >= 4 is 12.6 Å². The van der Waals surface area contributed by atoms with E-state index in [1.54, 1.807) is 18.2 Å². The van der Waals surface area contributed by atoms with Crippen LogP contribution in [0.2, 0.25) is 0 Å². The molecule has 0 aromatic carbocycles. The second kappa shape index (κ2) is 5.44. The van der Waals surface area contributed by atoms with Crippen LogP contribution in [0.1, 0.15) is 0 Å². The number of rotatable bonds is 2. The highest BCUT2D eigenvalue weighted by Crippen LogP contribution is 1.78. The van der Waals surface area contributed by atoms with E-state index in [4.69, 9.17) is 6.58 Å². The largest absolute Gasteiger partial charge is 0.0887 e. The van der Waals surface area contributed by atoms with Crippen molar-refractivity contribution in [1.82, 2.24) is 0 Å². The standard InChI is InChI=1S/C6H6S/c1-2-3-4-5-6-7/h1-6H. The summed E-state index contributed by atoms with van der Waals surface area (Å²) in [6.07, 6.45) is 6.67. The first-order valence-electron chi connectivity index (χ1n) is 1.90. The Hall–Kier alpha value is -0.560. The Kier molecular flexibility index (Phi) is 5.00. The lowest BCUT2D eigenvalue weighted by Gasteiger charge is -1.63. The quantitative estimate of drug-likeness (QED) is 0.478. The van der Waals surface area contributed by atoms with Gasteiger partial charge in [0.15, 0.2) is 0 Å². The minimum atomic E-state index is 1.45. The van der Waals surface area contributed by atoms with Gasteiger partial charge in [-0.05, 0) is 0 Å². The summed E-state index contributed by atoms with van der Waals surface area (Å²) in [5, 5.41) is 1.53. The van der Waals surface area contributed by atoms with Gasteiger partial charge < -0.3 is 0 Å². The Morgan fingerprint density at radius 1 is 1.14 bits per heavy atom. The molecular weight excluding hydrogens is 104 g/mol. The second-order valence-electron chi connectivity index (χ2n) is 0.906. The minimum absolute atomic E-state index is 1.45. The van der Waals surface area contributed by atoms with E-state index in [-0.39, 0.29) is 0 Å². The van der Waals surface area contributed by atoms with Crippen molar-refractivity contribution < 1.29 is 0 Å². The maximum Gasteiger partial charge on any atom is 0.00135 e. The van der Waals surface area contributed by atoms with Gasteiger partial charge >= 0.3 is 0 Å². The number of hydrogen-bond donors (Lipinski definition) is 0. The molecule has 0 rings (SSSR count). The second-order valence-corrected chi connectivity index (χ2v) is 1.18. The van der Waals surface area contributed by atoms with E-state index in [9.17, 15) is 0 Å². The summed E-state index contributed by atoms with van der Waals surface area (Å²) in [7, 11) is 0. The van der Waals surface area contributed by atoms with Crippen molar-refractivity contribution in [3.8, 4) is 0 Å². The molecule has 0 aliphatic heterocycles. The normalized spacial score (nSPS) is 10.9.